The Kier molecular flexibility index (Phi) is 4.21. The normalized spacial score (nSPS) is 24.7. The number of aliphatic carboxylic acids is 1. The molecule has 0 aliphatic heterocycles. The van der Waals surface area contributed by atoms with E-state index in [-0.39, 0.29) is 5.54 Å². The van der Waals surface area contributed by atoms with Gasteiger partial charge in [0.05, 0.1) is 5.41 Å². The Morgan fingerprint density at radius 1 is 1.00 bits per heavy atom. The number of hydrogen-bond acceptors (Lipinski definition) is 3. The number of carbonyl (C=O) groups is 1. The van der Waals surface area contributed by atoms with Gasteiger partial charge >= 0.3 is 5.97 Å². The summed E-state index contributed by atoms with van der Waals surface area (Å²) in [6.45, 7) is 1.70. The smallest absolute Gasteiger partial charge is 0.310 e. The quantitative estimate of drug-likeness (QED) is 0.800. The first kappa shape index (κ1) is 14.8. The van der Waals surface area contributed by atoms with Crippen LogP contribution in [-0.2, 0) is 4.79 Å². The minimum Gasteiger partial charge on any atom is -0.481 e. The van der Waals surface area contributed by atoms with Crippen LogP contribution in [-0.4, -0.2) is 60.6 Å². The zero-order valence-corrected chi connectivity index (χ0v) is 12.6. The van der Waals surface area contributed by atoms with Crippen molar-refractivity contribution in [1.82, 2.24) is 9.80 Å². The summed E-state index contributed by atoms with van der Waals surface area (Å²) in [4.78, 5) is 16.2. The van der Waals surface area contributed by atoms with Crippen LogP contribution in [0.1, 0.15) is 44.9 Å². The molecule has 2 saturated carbocycles. The van der Waals surface area contributed by atoms with Crippen LogP contribution in [0.3, 0.4) is 0 Å². The molecule has 0 spiro atoms. The number of carboxylic acids is 1. The van der Waals surface area contributed by atoms with Crippen molar-refractivity contribution in [2.24, 2.45) is 5.41 Å². The molecule has 110 valence electrons. The van der Waals surface area contributed by atoms with E-state index < -0.39 is 11.4 Å². The Bertz CT molecular complexity index is 331. The molecule has 4 heteroatoms. The van der Waals surface area contributed by atoms with E-state index in [0.717, 1.165) is 32.2 Å². The summed E-state index contributed by atoms with van der Waals surface area (Å²) in [7, 11) is 6.39. The highest BCUT2D eigenvalue weighted by Crippen LogP contribution is 2.41. The third-order valence-corrected chi connectivity index (χ3v) is 5.38. The zero-order valence-electron chi connectivity index (χ0n) is 12.6. The third kappa shape index (κ3) is 2.79. The predicted molar refractivity (Wildman–Crippen MR) is 76.3 cm³/mol. The largest absolute Gasteiger partial charge is 0.481 e. The molecule has 0 aromatic heterocycles. The molecule has 0 saturated heterocycles. The fourth-order valence-electron chi connectivity index (χ4n) is 3.90. The lowest BCUT2D eigenvalue weighted by Gasteiger charge is -2.50. The number of carboxylic acid groups (broad SMARTS) is 1. The molecular weight excluding hydrogens is 240 g/mol. The Morgan fingerprint density at radius 3 is 1.95 bits per heavy atom. The van der Waals surface area contributed by atoms with E-state index >= 15 is 0 Å². The summed E-state index contributed by atoms with van der Waals surface area (Å²) < 4.78 is 0. The van der Waals surface area contributed by atoms with Gasteiger partial charge in [0, 0.05) is 18.6 Å². The van der Waals surface area contributed by atoms with Gasteiger partial charge in [0.25, 0.3) is 0 Å². The molecular formula is C15H28N2O2. The van der Waals surface area contributed by atoms with Gasteiger partial charge in [0.1, 0.15) is 0 Å². The SMILES string of the molecule is CN(CC1(C(=O)O)CCCC1)CC1(N(C)C)CCC1. The summed E-state index contributed by atoms with van der Waals surface area (Å²) >= 11 is 0. The minimum absolute atomic E-state index is 0.285. The van der Waals surface area contributed by atoms with Crippen LogP contribution < -0.4 is 0 Å². The Labute approximate surface area is 116 Å². The first-order chi connectivity index (χ1) is 8.90. The van der Waals surface area contributed by atoms with Gasteiger partial charge in [-0.2, -0.15) is 0 Å². The molecule has 0 bridgehead atoms. The Hall–Kier alpha value is -0.610. The average Bonchev–Trinajstić information content (AvgIpc) is 2.72. The second-order valence-corrected chi connectivity index (χ2v) is 6.94. The molecule has 4 nitrogen and oxygen atoms in total. The molecule has 0 amide bonds. The first-order valence-corrected chi connectivity index (χ1v) is 7.50. The van der Waals surface area contributed by atoms with Crippen LogP contribution in [0.4, 0.5) is 0 Å². The van der Waals surface area contributed by atoms with Gasteiger partial charge in [0.2, 0.25) is 0 Å². The van der Waals surface area contributed by atoms with Gasteiger partial charge in [0.15, 0.2) is 0 Å². The Morgan fingerprint density at radius 2 is 1.58 bits per heavy atom. The molecule has 1 N–H and O–H groups in total. The van der Waals surface area contributed by atoms with Crippen LogP contribution in [0.5, 0.6) is 0 Å². The number of nitrogens with zero attached hydrogens (tertiary/aromatic N) is 2. The third-order valence-electron chi connectivity index (χ3n) is 5.38. The van der Waals surface area contributed by atoms with E-state index in [2.05, 4.69) is 30.9 Å². The lowest BCUT2D eigenvalue weighted by Crippen LogP contribution is -2.58. The van der Waals surface area contributed by atoms with E-state index in [4.69, 9.17) is 0 Å². The second-order valence-electron chi connectivity index (χ2n) is 6.94. The summed E-state index contributed by atoms with van der Waals surface area (Å²) in [6, 6.07) is 0. The van der Waals surface area contributed by atoms with E-state index in [1.54, 1.807) is 0 Å². The standard InChI is InChI=1S/C15H28N2O2/c1-16(2)15(9-6-10-15)12-17(3)11-14(13(18)19)7-4-5-8-14/h4-12H2,1-3H3,(H,18,19). The van der Waals surface area contributed by atoms with Gasteiger partial charge in [-0.3, -0.25) is 4.79 Å². The summed E-state index contributed by atoms with van der Waals surface area (Å²) in [5.41, 5.74) is -0.195. The molecule has 19 heavy (non-hydrogen) atoms. The fourth-order valence-corrected chi connectivity index (χ4v) is 3.90. The highest BCUT2D eigenvalue weighted by atomic mass is 16.4. The number of likely N-dealkylation sites (N-methyl/N-ethyl adjacent to an activating group) is 2. The monoisotopic (exact) mass is 268 g/mol. The van der Waals surface area contributed by atoms with E-state index in [9.17, 15) is 9.90 Å². The maximum Gasteiger partial charge on any atom is 0.310 e. The van der Waals surface area contributed by atoms with Crippen LogP contribution >= 0.6 is 0 Å². The molecule has 0 aromatic rings. The molecule has 0 radical (unpaired) electrons. The summed E-state index contributed by atoms with van der Waals surface area (Å²) in [5, 5.41) is 9.55. The maximum absolute atomic E-state index is 11.6. The lowest BCUT2D eigenvalue weighted by molar-refractivity contribution is -0.150. The number of rotatable bonds is 6. The first-order valence-electron chi connectivity index (χ1n) is 7.50. The van der Waals surface area contributed by atoms with Gasteiger partial charge < -0.3 is 14.9 Å². The van der Waals surface area contributed by atoms with Crippen molar-refractivity contribution in [3.05, 3.63) is 0 Å². The van der Waals surface area contributed by atoms with Crippen molar-refractivity contribution in [1.29, 1.82) is 0 Å². The van der Waals surface area contributed by atoms with Gasteiger partial charge in [-0.1, -0.05) is 12.8 Å². The maximum atomic E-state index is 11.6. The van der Waals surface area contributed by atoms with E-state index in [0.29, 0.717) is 6.54 Å². The molecule has 2 fully saturated rings. The van der Waals surface area contributed by atoms with Crippen molar-refractivity contribution < 1.29 is 9.90 Å². The van der Waals surface area contributed by atoms with Gasteiger partial charge in [-0.25, -0.2) is 0 Å². The molecule has 0 atom stereocenters. The molecule has 0 heterocycles. The molecule has 0 aromatic carbocycles. The van der Waals surface area contributed by atoms with Crippen LogP contribution in [0.25, 0.3) is 0 Å². The van der Waals surface area contributed by atoms with Crippen molar-refractivity contribution in [2.75, 3.05) is 34.2 Å². The average molecular weight is 268 g/mol. The molecule has 2 aliphatic rings. The second kappa shape index (κ2) is 5.41. The lowest BCUT2D eigenvalue weighted by atomic mass is 9.75. The highest BCUT2D eigenvalue weighted by molar-refractivity contribution is 5.75. The molecule has 0 unspecified atom stereocenters. The van der Waals surface area contributed by atoms with Crippen LogP contribution in [0.15, 0.2) is 0 Å². The van der Waals surface area contributed by atoms with Crippen molar-refractivity contribution in [3.8, 4) is 0 Å². The van der Waals surface area contributed by atoms with Crippen molar-refractivity contribution >= 4 is 5.97 Å². The topological polar surface area (TPSA) is 43.8 Å². The van der Waals surface area contributed by atoms with Crippen LogP contribution in [0.2, 0.25) is 0 Å². The fraction of sp³-hybridized carbons (Fsp3) is 0.933. The summed E-state index contributed by atoms with van der Waals surface area (Å²) in [6.07, 6.45) is 7.62. The zero-order chi connectivity index (χ0) is 14.1. The number of hydrogen-bond donors (Lipinski definition) is 1. The molecule has 2 aliphatic carbocycles. The molecule has 2 rings (SSSR count). The van der Waals surface area contributed by atoms with Crippen molar-refractivity contribution in [3.63, 3.8) is 0 Å². The Balaban J connectivity index is 1.96. The van der Waals surface area contributed by atoms with Gasteiger partial charge in [-0.15, -0.1) is 0 Å². The minimum atomic E-state index is -0.593. The highest BCUT2D eigenvalue weighted by Gasteiger charge is 2.45. The van der Waals surface area contributed by atoms with E-state index in [1.165, 1.54) is 19.3 Å². The summed E-state index contributed by atoms with van der Waals surface area (Å²) in [5.74, 6) is -0.593. The van der Waals surface area contributed by atoms with E-state index in [1.807, 2.05) is 0 Å². The van der Waals surface area contributed by atoms with Crippen molar-refractivity contribution in [2.45, 2.75) is 50.5 Å². The predicted octanol–water partition coefficient (Wildman–Crippen LogP) is 2.05. The van der Waals surface area contributed by atoms with Gasteiger partial charge in [-0.05, 0) is 53.2 Å². The van der Waals surface area contributed by atoms with Crippen LogP contribution in [0, 0.1) is 5.41 Å².